The van der Waals surface area contributed by atoms with Gasteiger partial charge in [-0.2, -0.15) is 0 Å². The second-order valence-electron chi connectivity index (χ2n) is 6.86. The lowest BCUT2D eigenvalue weighted by molar-refractivity contribution is 0.406. The SMILES string of the molecule is COc1cc(C)c(C(C)NS(=O)(=O)c2ccc(F)c(C)c2)cc1C(C)C. The second kappa shape index (κ2) is 7.76. The van der Waals surface area contributed by atoms with Crippen molar-refractivity contribution in [1.82, 2.24) is 4.72 Å². The molecule has 26 heavy (non-hydrogen) atoms. The highest BCUT2D eigenvalue weighted by Gasteiger charge is 2.22. The van der Waals surface area contributed by atoms with Crippen molar-refractivity contribution >= 4 is 10.0 Å². The first-order valence-electron chi connectivity index (χ1n) is 8.53. The van der Waals surface area contributed by atoms with E-state index in [1.165, 1.54) is 18.2 Å². The fourth-order valence-electron chi connectivity index (χ4n) is 2.96. The Labute approximate surface area is 155 Å². The van der Waals surface area contributed by atoms with Crippen LogP contribution >= 0.6 is 0 Å². The van der Waals surface area contributed by atoms with E-state index in [9.17, 15) is 12.8 Å². The molecule has 1 N–H and O–H groups in total. The van der Waals surface area contributed by atoms with Crippen molar-refractivity contribution in [3.63, 3.8) is 0 Å². The van der Waals surface area contributed by atoms with Gasteiger partial charge >= 0.3 is 0 Å². The first-order valence-corrected chi connectivity index (χ1v) is 10.0. The maximum Gasteiger partial charge on any atom is 0.241 e. The standard InChI is InChI=1S/C20H26FNO3S/c1-12(2)17-11-18(13(3)10-20(17)25-6)15(5)22-26(23,24)16-7-8-19(21)14(4)9-16/h7-12,15,22H,1-6H3. The van der Waals surface area contributed by atoms with E-state index in [2.05, 4.69) is 18.6 Å². The van der Waals surface area contributed by atoms with Gasteiger partial charge in [-0.05, 0) is 79.3 Å². The molecule has 0 radical (unpaired) electrons. The van der Waals surface area contributed by atoms with Crippen molar-refractivity contribution in [3.05, 3.63) is 58.4 Å². The van der Waals surface area contributed by atoms with Crippen LogP contribution in [0.2, 0.25) is 0 Å². The number of rotatable bonds is 6. The fourth-order valence-corrected chi connectivity index (χ4v) is 4.27. The third-order valence-electron chi connectivity index (χ3n) is 4.48. The van der Waals surface area contributed by atoms with Crippen LogP contribution in [0.4, 0.5) is 4.39 Å². The number of methoxy groups -OCH3 is 1. The molecule has 0 spiro atoms. The second-order valence-corrected chi connectivity index (χ2v) is 8.57. The molecule has 0 amide bonds. The predicted molar refractivity (Wildman–Crippen MR) is 102 cm³/mol. The zero-order valence-corrected chi connectivity index (χ0v) is 16.9. The Hall–Kier alpha value is -1.92. The van der Waals surface area contributed by atoms with Gasteiger partial charge in [-0.15, -0.1) is 0 Å². The van der Waals surface area contributed by atoms with Crippen LogP contribution in [0.15, 0.2) is 35.2 Å². The largest absolute Gasteiger partial charge is 0.496 e. The lowest BCUT2D eigenvalue weighted by Gasteiger charge is -2.21. The van der Waals surface area contributed by atoms with Crippen molar-refractivity contribution in [1.29, 1.82) is 0 Å². The average molecular weight is 379 g/mol. The number of hydrogen-bond acceptors (Lipinski definition) is 3. The van der Waals surface area contributed by atoms with E-state index in [1.807, 2.05) is 19.1 Å². The van der Waals surface area contributed by atoms with E-state index in [4.69, 9.17) is 4.74 Å². The summed E-state index contributed by atoms with van der Waals surface area (Å²) in [6.07, 6.45) is 0. The first-order chi connectivity index (χ1) is 12.1. The highest BCUT2D eigenvalue weighted by atomic mass is 32.2. The van der Waals surface area contributed by atoms with Crippen LogP contribution in [-0.2, 0) is 10.0 Å². The molecule has 4 nitrogen and oxygen atoms in total. The Morgan fingerprint density at radius 3 is 2.19 bits per heavy atom. The molecule has 0 heterocycles. The number of aryl methyl sites for hydroxylation is 2. The highest BCUT2D eigenvalue weighted by molar-refractivity contribution is 7.89. The molecule has 0 saturated heterocycles. The van der Waals surface area contributed by atoms with Gasteiger partial charge in [-0.3, -0.25) is 0 Å². The molecule has 6 heteroatoms. The maximum absolute atomic E-state index is 13.4. The van der Waals surface area contributed by atoms with Crippen LogP contribution in [0.1, 0.15) is 55.0 Å². The molecule has 2 aromatic rings. The molecule has 2 aromatic carbocycles. The Morgan fingerprint density at radius 1 is 1.00 bits per heavy atom. The van der Waals surface area contributed by atoms with Gasteiger partial charge in [0, 0.05) is 6.04 Å². The van der Waals surface area contributed by atoms with Crippen molar-refractivity contribution < 1.29 is 17.5 Å². The van der Waals surface area contributed by atoms with E-state index in [0.717, 1.165) is 22.4 Å². The molecule has 0 aromatic heterocycles. The van der Waals surface area contributed by atoms with E-state index < -0.39 is 21.9 Å². The monoisotopic (exact) mass is 379 g/mol. The molecular formula is C20H26FNO3S. The number of nitrogens with one attached hydrogen (secondary N) is 1. The van der Waals surface area contributed by atoms with Gasteiger partial charge in [0.05, 0.1) is 12.0 Å². The zero-order chi connectivity index (χ0) is 19.6. The molecule has 0 saturated carbocycles. The van der Waals surface area contributed by atoms with Crippen molar-refractivity contribution in [2.75, 3.05) is 7.11 Å². The van der Waals surface area contributed by atoms with Gasteiger partial charge in [0.2, 0.25) is 10.0 Å². The van der Waals surface area contributed by atoms with E-state index in [-0.39, 0.29) is 10.8 Å². The maximum atomic E-state index is 13.4. The molecule has 0 aliphatic carbocycles. The predicted octanol–water partition coefficient (Wildman–Crippen LogP) is 4.61. The van der Waals surface area contributed by atoms with Crippen molar-refractivity contribution in [2.45, 2.75) is 51.5 Å². The molecule has 0 aliphatic rings. The van der Waals surface area contributed by atoms with Crippen LogP contribution < -0.4 is 9.46 Å². The topological polar surface area (TPSA) is 55.4 Å². The van der Waals surface area contributed by atoms with E-state index >= 15 is 0 Å². The number of benzene rings is 2. The summed E-state index contributed by atoms with van der Waals surface area (Å²) in [4.78, 5) is 0.0542. The van der Waals surface area contributed by atoms with Gasteiger partial charge in [-0.1, -0.05) is 13.8 Å². The Balaban J connectivity index is 2.38. The molecule has 2 rings (SSSR count). The fraction of sp³-hybridized carbons (Fsp3) is 0.400. The normalized spacial score (nSPS) is 13.1. The third kappa shape index (κ3) is 4.24. The Morgan fingerprint density at radius 2 is 1.65 bits per heavy atom. The van der Waals surface area contributed by atoms with Gasteiger partial charge < -0.3 is 4.74 Å². The Kier molecular flexibility index (Phi) is 6.09. The summed E-state index contributed by atoms with van der Waals surface area (Å²) in [6.45, 7) is 9.39. The Bertz CT molecular complexity index is 908. The number of halogens is 1. The number of hydrogen-bond donors (Lipinski definition) is 1. The molecule has 0 bridgehead atoms. The number of sulfonamides is 1. The summed E-state index contributed by atoms with van der Waals surface area (Å²) in [6, 6.07) is 7.26. The van der Waals surface area contributed by atoms with Crippen LogP contribution in [0.5, 0.6) is 5.75 Å². The molecular weight excluding hydrogens is 353 g/mol. The van der Waals surface area contributed by atoms with Crippen LogP contribution in [0, 0.1) is 19.7 Å². The lowest BCUT2D eigenvalue weighted by atomic mass is 9.94. The van der Waals surface area contributed by atoms with Crippen molar-refractivity contribution in [2.24, 2.45) is 0 Å². The molecule has 1 unspecified atom stereocenters. The number of ether oxygens (including phenoxy) is 1. The van der Waals surface area contributed by atoms with E-state index in [1.54, 1.807) is 21.0 Å². The van der Waals surface area contributed by atoms with E-state index in [0.29, 0.717) is 5.56 Å². The first kappa shape index (κ1) is 20.4. The summed E-state index contributed by atoms with van der Waals surface area (Å²) in [5.41, 5.74) is 3.15. The van der Waals surface area contributed by atoms with Crippen LogP contribution in [0.25, 0.3) is 0 Å². The summed E-state index contributed by atoms with van der Waals surface area (Å²) in [5, 5.41) is 0. The van der Waals surface area contributed by atoms with Crippen molar-refractivity contribution in [3.8, 4) is 5.75 Å². The molecule has 142 valence electrons. The summed E-state index contributed by atoms with van der Waals surface area (Å²) in [7, 11) is -2.13. The average Bonchev–Trinajstić information content (AvgIpc) is 2.55. The quantitative estimate of drug-likeness (QED) is 0.797. The van der Waals surface area contributed by atoms with Crippen LogP contribution in [-0.4, -0.2) is 15.5 Å². The lowest BCUT2D eigenvalue weighted by Crippen LogP contribution is -2.27. The summed E-state index contributed by atoms with van der Waals surface area (Å²) >= 11 is 0. The third-order valence-corrected chi connectivity index (χ3v) is 6.02. The molecule has 1 atom stereocenters. The minimum absolute atomic E-state index is 0.0542. The minimum Gasteiger partial charge on any atom is -0.496 e. The smallest absolute Gasteiger partial charge is 0.241 e. The highest BCUT2D eigenvalue weighted by Crippen LogP contribution is 2.32. The molecule has 0 aliphatic heterocycles. The van der Waals surface area contributed by atoms with Gasteiger partial charge in [0.25, 0.3) is 0 Å². The summed E-state index contributed by atoms with van der Waals surface area (Å²) < 4.78 is 46.9. The summed E-state index contributed by atoms with van der Waals surface area (Å²) in [5.74, 6) is 0.614. The zero-order valence-electron chi connectivity index (χ0n) is 16.1. The minimum atomic E-state index is -3.76. The van der Waals surface area contributed by atoms with Crippen LogP contribution in [0.3, 0.4) is 0 Å². The van der Waals surface area contributed by atoms with Gasteiger partial charge in [-0.25, -0.2) is 17.5 Å². The van der Waals surface area contributed by atoms with Gasteiger partial charge in [0.1, 0.15) is 11.6 Å². The van der Waals surface area contributed by atoms with Gasteiger partial charge in [0.15, 0.2) is 0 Å². The molecule has 0 fully saturated rings.